The van der Waals surface area contributed by atoms with Crippen LogP contribution in [-0.4, -0.2) is 73.4 Å². The molecule has 0 rings (SSSR count). The molecule has 3 unspecified atom stereocenters. The van der Waals surface area contributed by atoms with Gasteiger partial charge in [0.1, 0.15) is 13.2 Å². The third-order valence-electron chi connectivity index (χ3n) is 11.3. The fourth-order valence-electron chi connectivity index (χ4n) is 7.29. The Morgan fingerprint density at radius 2 is 0.917 bits per heavy atom. The summed E-state index contributed by atoms with van der Waals surface area (Å²) in [6, 6.07) is -0.860. The minimum atomic E-state index is -4.34. The van der Waals surface area contributed by atoms with Gasteiger partial charge in [-0.1, -0.05) is 204 Å². The number of rotatable bonds is 46. The van der Waals surface area contributed by atoms with Gasteiger partial charge in [-0.15, -0.1) is 0 Å². The van der Waals surface area contributed by atoms with Crippen LogP contribution in [0.2, 0.25) is 0 Å². The van der Waals surface area contributed by atoms with Crippen LogP contribution in [0, 0.1) is 0 Å². The van der Waals surface area contributed by atoms with E-state index in [9.17, 15) is 19.4 Å². The molecule has 0 spiro atoms. The van der Waals surface area contributed by atoms with E-state index < -0.39 is 20.0 Å². The highest BCUT2D eigenvalue weighted by Crippen LogP contribution is 2.43. The second-order valence-electron chi connectivity index (χ2n) is 18.5. The van der Waals surface area contributed by atoms with Gasteiger partial charge in [-0.05, 0) is 57.8 Å². The minimum Gasteiger partial charge on any atom is -0.387 e. The number of allylic oxidation sites excluding steroid dienone is 5. The molecule has 8 nitrogen and oxygen atoms in total. The van der Waals surface area contributed by atoms with Crippen molar-refractivity contribution in [2.24, 2.45) is 0 Å². The number of phosphoric ester groups is 1. The molecule has 0 aromatic rings. The van der Waals surface area contributed by atoms with Gasteiger partial charge in [0.25, 0.3) is 0 Å². The van der Waals surface area contributed by atoms with Gasteiger partial charge in [-0.25, -0.2) is 4.57 Å². The van der Waals surface area contributed by atoms with Crippen LogP contribution in [0.4, 0.5) is 0 Å². The molecule has 0 heterocycles. The minimum absolute atomic E-state index is 0.0568. The first-order valence-corrected chi connectivity index (χ1v) is 26.9. The molecule has 0 aromatic heterocycles. The number of amides is 1. The van der Waals surface area contributed by atoms with Crippen LogP contribution >= 0.6 is 7.82 Å². The van der Waals surface area contributed by atoms with Crippen molar-refractivity contribution >= 4 is 13.7 Å². The zero-order valence-corrected chi connectivity index (χ0v) is 41.1. The number of aliphatic hydroxyl groups is 1. The third kappa shape index (κ3) is 44.8. The summed E-state index contributed by atoms with van der Waals surface area (Å²) >= 11 is 0. The topological polar surface area (TPSA) is 105 Å². The maximum Gasteiger partial charge on any atom is 0.472 e. The molecular formula is C51H100N2O6P+. The van der Waals surface area contributed by atoms with Gasteiger partial charge in [0.15, 0.2) is 0 Å². The zero-order valence-electron chi connectivity index (χ0n) is 40.2. The number of quaternary nitrogens is 1. The smallest absolute Gasteiger partial charge is 0.387 e. The van der Waals surface area contributed by atoms with Crippen LogP contribution in [-0.2, 0) is 18.4 Å². The summed E-state index contributed by atoms with van der Waals surface area (Å²) in [6.45, 7) is 4.78. The van der Waals surface area contributed by atoms with E-state index in [0.717, 1.165) is 38.5 Å². The highest BCUT2D eigenvalue weighted by molar-refractivity contribution is 7.47. The molecule has 0 saturated carbocycles. The van der Waals surface area contributed by atoms with E-state index >= 15 is 0 Å². The van der Waals surface area contributed by atoms with Crippen molar-refractivity contribution in [1.82, 2.24) is 5.32 Å². The van der Waals surface area contributed by atoms with E-state index in [2.05, 4.69) is 43.5 Å². The fourth-order valence-corrected chi connectivity index (χ4v) is 8.02. The van der Waals surface area contributed by atoms with Crippen molar-refractivity contribution in [3.8, 4) is 0 Å². The Morgan fingerprint density at radius 3 is 1.33 bits per heavy atom. The molecule has 0 bridgehead atoms. The maximum absolute atomic E-state index is 12.9. The molecule has 0 radical (unpaired) electrons. The summed E-state index contributed by atoms with van der Waals surface area (Å²) in [5.41, 5.74) is 0. The van der Waals surface area contributed by atoms with E-state index in [0.29, 0.717) is 17.4 Å². The molecule has 3 N–H and O–H groups in total. The van der Waals surface area contributed by atoms with E-state index in [-0.39, 0.29) is 19.1 Å². The standard InChI is InChI=1S/C51H99N2O6P/c1-6-8-10-12-14-16-18-19-20-21-22-23-24-25-26-27-28-29-30-31-32-33-35-37-39-41-43-45-51(55)52-49(48-59-60(56,57)58-47-46-53(3,4)5)50(54)44-42-40-38-36-34-17-15-13-11-9-7-2/h21-22,34,36,42,44,49-50,54H,6-20,23-33,35,37-41,43,45-48H2,1-5H3,(H-,52,55,56,57)/p+1/b22-21-,36-34+,44-42+. The highest BCUT2D eigenvalue weighted by Gasteiger charge is 2.27. The molecule has 9 heteroatoms. The average molecular weight is 868 g/mol. The molecule has 0 aliphatic carbocycles. The monoisotopic (exact) mass is 868 g/mol. The second kappa shape index (κ2) is 43.0. The molecule has 0 fully saturated rings. The summed E-state index contributed by atoms with van der Waals surface area (Å²) in [5, 5.41) is 13.8. The number of nitrogens with zero attached hydrogens (tertiary/aromatic N) is 1. The molecular weight excluding hydrogens is 768 g/mol. The Balaban J connectivity index is 4.12. The average Bonchev–Trinajstić information content (AvgIpc) is 3.20. The first-order valence-electron chi connectivity index (χ1n) is 25.4. The number of carbonyl (C=O) groups is 1. The number of hydrogen-bond acceptors (Lipinski definition) is 5. The summed E-state index contributed by atoms with van der Waals surface area (Å²) < 4.78 is 23.5. The maximum atomic E-state index is 12.9. The lowest BCUT2D eigenvalue weighted by Gasteiger charge is -2.25. The predicted molar refractivity (Wildman–Crippen MR) is 258 cm³/mol. The lowest BCUT2D eigenvalue weighted by atomic mass is 10.0. The largest absolute Gasteiger partial charge is 0.472 e. The number of unbranched alkanes of at least 4 members (excludes halogenated alkanes) is 29. The lowest BCUT2D eigenvalue weighted by Crippen LogP contribution is -2.45. The number of likely N-dealkylation sites (N-methyl/N-ethyl adjacent to an activating group) is 1. The van der Waals surface area contributed by atoms with Gasteiger partial charge in [-0.3, -0.25) is 13.8 Å². The Kier molecular flexibility index (Phi) is 42.1. The first-order chi connectivity index (χ1) is 29.0. The van der Waals surface area contributed by atoms with Crippen molar-refractivity contribution in [1.29, 1.82) is 0 Å². The predicted octanol–water partition coefficient (Wildman–Crippen LogP) is 14.6. The molecule has 0 aliphatic heterocycles. The molecule has 0 saturated heterocycles. The van der Waals surface area contributed by atoms with Crippen LogP contribution < -0.4 is 5.32 Å². The van der Waals surface area contributed by atoms with Crippen LogP contribution in [0.5, 0.6) is 0 Å². The van der Waals surface area contributed by atoms with Gasteiger partial charge in [0.2, 0.25) is 5.91 Å². The van der Waals surface area contributed by atoms with Crippen molar-refractivity contribution < 1.29 is 32.9 Å². The summed E-state index contributed by atoms with van der Waals surface area (Å²) in [4.78, 5) is 23.1. The van der Waals surface area contributed by atoms with Crippen LogP contribution in [0.1, 0.15) is 232 Å². The summed E-state index contributed by atoms with van der Waals surface area (Å²) in [6.07, 6.45) is 53.9. The Morgan fingerprint density at radius 1 is 0.550 bits per heavy atom. The number of carbonyl (C=O) groups excluding carboxylic acids is 1. The van der Waals surface area contributed by atoms with Crippen molar-refractivity contribution in [2.75, 3.05) is 40.9 Å². The molecule has 0 aromatic carbocycles. The van der Waals surface area contributed by atoms with E-state index in [4.69, 9.17) is 9.05 Å². The Hall–Kier alpha value is -1.28. The van der Waals surface area contributed by atoms with Gasteiger partial charge in [0.05, 0.1) is 39.9 Å². The van der Waals surface area contributed by atoms with Gasteiger partial charge >= 0.3 is 7.82 Å². The molecule has 354 valence electrons. The Labute approximate surface area is 372 Å². The van der Waals surface area contributed by atoms with Gasteiger partial charge in [-0.2, -0.15) is 0 Å². The normalized spacial score (nSPS) is 14.4. The van der Waals surface area contributed by atoms with E-state index in [1.54, 1.807) is 6.08 Å². The molecule has 3 atom stereocenters. The van der Waals surface area contributed by atoms with Crippen LogP contribution in [0.3, 0.4) is 0 Å². The molecule has 1 amide bonds. The Bertz CT molecular complexity index is 1070. The van der Waals surface area contributed by atoms with Crippen molar-refractivity contribution in [3.05, 3.63) is 36.5 Å². The van der Waals surface area contributed by atoms with Crippen LogP contribution in [0.15, 0.2) is 36.5 Å². The fraction of sp³-hybridized carbons (Fsp3) is 0.863. The summed E-state index contributed by atoms with van der Waals surface area (Å²) in [5.74, 6) is -0.187. The quantitative estimate of drug-likeness (QED) is 0.0244. The second-order valence-corrected chi connectivity index (χ2v) is 20.0. The van der Waals surface area contributed by atoms with Gasteiger partial charge in [0, 0.05) is 6.42 Å². The van der Waals surface area contributed by atoms with Crippen molar-refractivity contribution in [2.45, 2.75) is 244 Å². The third-order valence-corrected chi connectivity index (χ3v) is 12.3. The number of nitrogens with one attached hydrogen (secondary N) is 1. The lowest BCUT2D eigenvalue weighted by molar-refractivity contribution is -0.870. The van der Waals surface area contributed by atoms with E-state index in [1.165, 1.54) is 173 Å². The first kappa shape index (κ1) is 58.7. The van der Waals surface area contributed by atoms with Crippen LogP contribution in [0.25, 0.3) is 0 Å². The summed E-state index contributed by atoms with van der Waals surface area (Å²) in [7, 11) is 1.56. The highest BCUT2D eigenvalue weighted by atomic mass is 31.2. The van der Waals surface area contributed by atoms with Crippen molar-refractivity contribution in [3.63, 3.8) is 0 Å². The number of aliphatic hydroxyl groups excluding tert-OH is 1. The molecule has 0 aliphatic rings. The number of phosphoric acid groups is 1. The zero-order chi connectivity index (χ0) is 44.3. The molecule has 60 heavy (non-hydrogen) atoms. The number of hydrogen-bond donors (Lipinski definition) is 3. The SMILES string of the molecule is CCCCCCC/C=C/CC/C=C/C(O)C(COP(=O)(O)OCC[N+](C)(C)C)NC(=O)CCCCCCCCCCCCCCCCC/C=C\CCCCCCCCCC. The van der Waals surface area contributed by atoms with E-state index in [1.807, 2.05) is 27.2 Å². The van der Waals surface area contributed by atoms with Gasteiger partial charge < -0.3 is 19.8 Å².